The third-order valence-corrected chi connectivity index (χ3v) is 5.54. The topological polar surface area (TPSA) is 139 Å². The Bertz CT molecular complexity index is 1180. The minimum atomic E-state index is -0.429. The number of hydrogen-bond acceptors (Lipinski definition) is 5. The summed E-state index contributed by atoms with van der Waals surface area (Å²) in [6, 6.07) is 4.93. The van der Waals surface area contributed by atoms with Gasteiger partial charge in [0, 0.05) is 42.1 Å². The molecule has 10 nitrogen and oxygen atoms in total. The molecule has 0 saturated carbocycles. The first-order valence-corrected chi connectivity index (χ1v) is 13.3. The van der Waals surface area contributed by atoms with Crippen LogP contribution < -0.4 is 21.7 Å². The highest BCUT2D eigenvalue weighted by atomic mass is 35.5. The van der Waals surface area contributed by atoms with Crippen LogP contribution in [-0.4, -0.2) is 41.2 Å². The van der Waals surface area contributed by atoms with Crippen molar-refractivity contribution >= 4 is 42.4 Å². The molecule has 0 aromatic carbocycles. The smallest absolute Gasteiger partial charge is 0.324 e. The molecule has 11 heteroatoms. The van der Waals surface area contributed by atoms with E-state index >= 15 is 0 Å². The molecule has 0 spiro atoms. The van der Waals surface area contributed by atoms with Gasteiger partial charge < -0.3 is 16.4 Å². The lowest BCUT2D eigenvalue weighted by Gasteiger charge is -2.21. The molecule has 0 aliphatic rings. The van der Waals surface area contributed by atoms with Crippen molar-refractivity contribution in [2.45, 2.75) is 60.4 Å². The number of allylic oxidation sites excluding steroid dienone is 3. The molecule has 2 aromatic heterocycles. The molecule has 0 aliphatic heterocycles. The van der Waals surface area contributed by atoms with Crippen molar-refractivity contribution in [1.29, 1.82) is 0 Å². The van der Waals surface area contributed by atoms with E-state index in [1.54, 1.807) is 25.4 Å². The Morgan fingerprint density at radius 2 is 2.03 bits per heavy atom. The average molecular weight is 557 g/mol. The van der Waals surface area contributed by atoms with Gasteiger partial charge in [0.15, 0.2) is 0 Å². The van der Waals surface area contributed by atoms with Crippen molar-refractivity contribution in [3.05, 3.63) is 70.3 Å². The zero-order valence-corrected chi connectivity index (χ0v) is 24.4. The molecule has 0 saturated heterocycles. The fraction of sp³-hybridized carbons (Fsp3) is 0.393. The normalized spacial score (nSPS) is 13.0. The summed E-state index contributed by atoms with van der Waals surface area (Å²) in [4.78, 5) is 33.3. The molecule has 2 atom stereocenters. The number of anilines is 1. The molecular weight excluding hydrogens is 516 g/mol. The number of rotatable bonds is 12. The molecule has 0 fully saturated rings. The van der Waals surface area contributed by atoms with Crippen molar-refractivity contribution in [1.82, 2.24) is 20.3 Å². The van der Waals surface area contributed by atoms with Crippen LogP contribution in [0, 0.1) is 12.8 Å². The van der Waals surface area contributed by atoms with Crippen molar-refractivity contribution in [3.63, 3.8) is 0 Å². The molecule has 2 aromatic rings. The van der Waals surface area contributed by atoms with Crippen LogP contribution in [0.5, 0.6) is 0 Å². The number of nitrogens with two attached hydrogens (primary N) is 1. The number of amides is 3. The monoisotopic (exact) mass is 556 g/mol. The molecule has 212 valence electrons. The minimum absolute atomic E-state index is 0.122. The maximum atomic E-state index is 13.1. The van der Waals surface area contributed by atoms with Gasteiger partial charge in [0.2, 0.25) is 0 Å². The quantitative estimate of drug-likeness (QED) is 0.202. The van der Waals surface area contributed by atoms with Gasteiger partial charge in [-0.05, 0) is 50.6 Å². The first-order valence-electron chi connectivity index (χ1n) is 12.9. The number of aryl methyl sites for hydroxylation is 1. The standard InChI is InChI=1S/C26H35ClN8O2.C2H6/c1-6-11-30-25(36)21-15-35(32-16-29-5)22(14-28)24(21)20(13-18(3)27)17(2)10-12-31-26(37)34-23-9-7-8-19(4)33-23;1-2/h7-10,12-13,15-17,20H,5-6,11,14,28H2,1-4H3,(H,30,36)(H2,31,33,34,37);1-2H3/b12-10+,18-13+,32-16-;/t17?,20-;/m1./s1. The van der Waals surface area contributed by atoms with E-state index in [4.69, 9.17) is 17.3 Å². The Hall–Kier alpha value is -3.76. The largest absolute Gasteiger partial charge is 0.352 e. The Balaban J connectivity index is 0.00000371. The highest BCUT2D eigenvalue weighted by molar-refractivity contribution is 6.29. The Kier molecular flexibility index (Phi) is 15.1. The molecule has 5 N–H and O–H groups in total. The Morgan fingerprint density at radius 1 is 1.31 bits per heavy atom. The van der Waals surface area contributed by atoms with E-state index in [0.717, 1.165) is 12.1 Å². The molecule has 0 aliphatic carbocycles. The maximum absolute atomic E-state index is 13.1. The number of carbonyl (C=O) groups excluding carboxylic acids is 2. The van der Waals surface area contributed by atoms with Crippen LogP contribution in [-0.2, 0) is 6.54 Å². The highest BCUT2D eigenvalue weighted by Gasteiger charge is 2.28. The first-order chi connectivity index (χ1) is 18.7. The number of urea groups is 1. The second kappa shape index (κ2) is 17.7. The van der Waals surface area contributed by atoms with Gasteiger partial charge in [-0.15, -0.1) is 0 Å². The summed E-state index contributed by atoms with van der Waals surface area (Å²) in [7, 11) is 0. The Labute approximate surface area is 236 Å². The van der Waals surface area contributed by atoms with Crippen molar-refractivity contribution in [3.8, 4) is 0 Å². The SMILES string of the molecule is C=N/C=N\n1cc(C(=O)NCCC)c([C@H](/C=C(\C)Cl)C(C)/C=C/NC(=O)Nc2cccc(C)n2)c1CN.CC. The number of carbonyl (C=O) groups is 2. The van der Waals surface area contributed by atoms with Gasteiger partial charge >= 0.3 is 6.03 Å². The fourth-order valence-electron chi connectivity index (χ4n) is 3.74. The fourth-order valence-corrected chi connectivity index (χ4v) is 3.88. The van der Waals surface area contributed by atoms with Crippen LogP contribution >= 0.6 is 11.6 Å². The van der Waals surface area contributed by atoms with E-state index in [9.17, 15) is 9.59 Å². The molecule has 0 radical (unpaired) electrons. The predicted octanol–water partition coefficient (Wildman–Crippen LogP) is 5.51. The van der Waals surface area contributed by atoms with Crippen LogP contribution in [0.25, 0.3) is 0 Å². The molecule has 0 bridgehead atoms. The van der Waals surface area contributed by atoms with E-state index < -0.39 is 6.03 Å². The second-order valence-corrected chi connectivity index (χ2v) is 8.98. The lowest BCUT2D eigenvalue weighted by atomic mass is 9.84. The van der Waals surface area contributed by atoms with Gasteiger partial charge in [-0.2, -0.15) is 5.10 Å². The summed E-state index contributed by atoms with van der Waals surface area (Å²) in [5.41, 5.74) is 8.68. The molecule has 1 unspecified atom stereocenters. The summed E-state index contributed by atoms with van der Waals surface area (Å²) in [6.07, 6.45) is 8.94. The Morgan fingerprint density at radius 3 is 2.62 bits per heavy atom. The summed E-state index contributed by atoms with van der Waals surface area (Å²) < 4.78 is 1.53. The molecule has 2 rings (SSSR count). The highest BCUT2D eigenvalue weighted by Crippen LogP contribution is 2.35. The molecule has 3 amide bonds. The van der Waals surface area contributed by atoms with E-state index in [-0.39, 0.29) is 24.3 Å². The average Bonchev–Trinajstić information content (AvgIpc) is 3.28. The van der Waals surface area contributed by atoms with Crippen molar-refractivity contribution in [2.24, 2.45) is 21.7 Å². The maximum Gasteiger partial charge on any atom is 0.324 e. The summed E-state index contributed by atoms with van der Waals surface area (Å²) in [5.74, 6) is -0.321. The number of nitrogens with zero attached hydrogens (tertiary/aromatic N) is 4. The summed E-state index contributed by atoms with van der Waals surface area (Å²) in [5, 5.41) is 13.1. The zero-order valence-electron chi connectivity index (χ0n) is 23.7. The second-order valence-electron chi connectivity index (χ2n) is 8.38. The summed E-state index contributed by atoms with van der Waals surface area (Å²) in [6.45, 7) is 15.6. The lowest BCUT2D eigenvalue weighted by Crippen LogP contribution is -2.26. The molecule has 39 heavy (non-hydrogen) atoms. The zero-order chi connectivity index (χ0) is 29.4. The third-order valence-electron chi connectivity index (χ3n) is 5.41. The van der Waals surface area contributed by atoms with E-state index in [1.165, 1.54) is 11.0 Å². The van der Waals surface area contributed by atoms with E-state index in [0.29, 0.717) is 34.2 Å². The predicted molar refractivity (Wildman–Crippen MR) is 162 cm³/mol. The van der Waals surface area contributed by atoms with Crippen LogP contribution in [0.15, 0.2) is 57.9 Å². The van der Waals surface area contributed by atoms with Gasteiger partial charge in [0.25, 0.3) is 5.91 Å². The number of aromatic nitrogens is 2. The van der Waals surface area contributed by atoms with Crippen LogP contribution in [0.2, 0.25) is 0 Å². The number of pyridine rings is 1. The van der Waals surface area contributed by atoms with E-state index in [2.05, 4.69) is 37.7 Å². The third kappa shape index (κ3) is 10.5. The minimum Gasteiger partial charge on any atom is -0.352 e. The van der Waals surface area contributed by atoms with Gasteiger partial charge in [0.1, 0.15) is 12.2 Å². The first kappa shape index (κ1) is 33.3. The number of nitrogens with one attached hydrogen (secondary N) is 3. The number of halogens is 1. The van der Waals surface area contributed by atoms with Gasteiger partial charge in [-0.25, -0.2) is 14.5 Å². The lowest BCUT2D eigenvalue weighted by molar-refractivity contribution is 0.0952. The molecular formula is C28H41ClN8O2. The van der Waals surface area contributed by atoms with Crippen LogP contribution in [0.1, 0.15) is 74.3 Å². The van der Waals surface area contributed by atoms with Crippen LogP contribution in [0.4, 0.5) is 10.6 Å². The van der Waals surface area contributed by atoms with Gasteiger partial charge in [-0.1, -0.05) is 57.5 Å². The number of aliphatic imine (C=N–C) groups is 1. The van der Waals surface area contributed by atoms with Crippen LogP contribution in [0.3, 0.4) is 0 Å². The number of hydrogen-bond donors (Lipinski definition) is 4. The van der Waals surface area contributed by atoms with Gasteiger partial charge in [0.05, 0.1) is 11.3 Å². The van der Waals surface area contributed by atoms with Crippen molar-refractivity contribution < 1.29 is 9.59 Å². The van der Waals surface area contributed by atoms with Crippen molar-refractivity contribution in [2.75, 3.05) is 11.9 Å². The summed E-state index contributed by atoms with van der Waals surface area (Å²) >= 11 is 6.31. The molecule has 2 heterocycles. The van der Waals surface area contributed by atoms with Gasteiger partial charge in [-0.3, -0.25) is 15.1 Å². The van der Waals surface area contributed by atoms with E-state index in [1.807, 2.05) is 58.9 Å².